The fourth-order valence-corrected chi connectivity index (χ4v) is 3.48. The summed E-state index contributed by atoms with van der Waals surface area (Å²) in [5, 5.41) is 0. The normalized spacial score (nSPS) is 14.3. The van der Waals surface area contributed by atoms with Gasteiger partial charge >= 0.3 is 0 Å². The van der Waals surface area contributed by atoms with Gasteiger partial charge in [-0.25, -0.2) is 0 Å². The molecular weight excluding hydrogens is 378 g/mol. The molecule has 4 rings (SSSR count). The number of aromatic nitrogens is 2. The number of benzene rings is 2. The first-order valence-corrected chi connectivity index (χ1v) is 10.2. The van der Waals surface area contributed by atoms with Crippen molar-refractivity contribution in [3.63, 3.8) is 0 Å². The first-order chi connectivity index (χ1) is 14.8. The molecule has 154 valence electrons. The van der Waals surface area contributed by atoms with Gasteiger partial charge in [0.2, 0.25) is 5.91 Å². The molecule has 0 unspecified atom stereocenters. The molecule has 0 bridgehead atoms. The molecule has 1 amide bonds. The van der Waals surface area contributed by atoms with Crippen molar-refractivity contribution in [2.75, 3.05) is 13.1 Å². The molecule has 3 aromatic rings. The van der Waals surface area contributed by atoms with Crippen molar-refractivity contribution in [1.29, 1.82) is 0 Å². The first kappa shape index (κ1) is 19.9. The summed E-state index contributed by atoms with van der Waals surface area (Å²) in [6, 6.07) is 17.8. The van der Waals surface area contributed by atoms with Crippen LogP contribution in [0.3, 0.4) is 0 Å². The second-order valence-corrected chi connectivity index (χ2v) is 7.32. The predicted molar refractivity (Wildman–Crippen MR) is 113 cm³/mol. The van der Waals surface area contributed by atoms with Gasteiger partial charge in [0, 0.05) is 50.6 Å². The molecule has 1 saturated heterocycles. The average molecular weight is 403 g/mol. The third kappa shape index (κ3) is 5.56. The molecule has 0 spiro atoms. The third-order valence-electron chi connectivity index (χ3n) is 5.10. The monoisotopic (exact) mass is 403 g/mol. The number of piperidine rings is 1. The Bertz CT molecular complexity index is 942. The maximum atomic E-state index is 12.5. The summed E-state index contributed by atoms with van der Waals surface area (Å²) in [5.41, 5.74) is 1.83. The molecule has 0 N–H and O–H groups in total. The summed E-state index contributed by atoms with van der Waals surface area (Å²) in [7, 11) is 0. The number of hydrogen-bond donors (Lipinski definition) is 0. The van der Waals surface area contributed by atoms with Crippen molar-refractivity contribution < 1.29 is 14.3 Å². The summed E-state index contributed by atoms with van der Waals surface area (Å²) in [6.07, 6.45) is 6.86. The number of likely N-dealkylation sites (tertiary alicyclic amines) is 1. The van der Waals surface area contributed by atoms with Crippen LogP contribution in [0.5, 0.6) is 11.5 Å². The van der Waals surface area contributed by atoms with Crippen LogP contribution in [-0.2, 0) is 17.8 Å². The Hall–Kier alpha value is -3.41. The lowest BCUT2D eigenvalue weighted by Gasteiger charge is -2.32. The molecule has 0 radical (unpaired) electrons. The third-order valence-corrected chi connectivity index (χ3v) is 5.10. The maximum absolute atomic E-state index is 12.5. The minimum absolute atomic E-state index is 0.0882. The molecule has 0 atom stereocenters. The molecule has 1 fully saturated rings. The van der Waals surface area contributed by atoms with Crippen LogP contribution in [0, 0.1) is 0 Å². The number of hydrogen-bond acceptors (Lipinski definition) is 5. The van der Waals surface area contributed by atoms with Crippen LogP contribution in [0.25, 0.3) is 0 Å². The standard InChI is InChI=1S/C24H25N3O3/c28-24(15-20-17-25-11-12-26-20)27-13-9-21(10-14-27)30-23-8-4-7-22(16-23)29-18-19-5-2-1-3-6-19/h1-8,11-12,16-17,21H,9-10,13-15,18H2. The van der Waals surface area contributed by atoms with E-state index in [0.29, 0.717) is 31.8 Å². The summed E-state index contributed by atoms with van der Waals surface area (Å²) >= 11 is 0. The molecule has 30 heavy (non-hydrogen) atoms. The van der Waals surface area contributed by atoms with Crippen molar-refractivity contribution in [2.45, 2.75) is 32.0 Å². The molecule has 1 aliphatic heterocycles. The molecule has 2 aromatic carbocycles. The van der Waals surface area contributed by atoms with Crippen molar-refractivity contribution in [2.24, 2.45) is 0 Å². The van der Waals surface area contributed by atoms with Gasteiger partial charge in [-0.15, -0.1) is 0 Å². The minimum atomic E-state index is 0.0882. The minimum Gasteiger partial charge on any atom is -0.490 e. The van der Waals surface area contributed by atoms with Gasteiger partial charge in [0.25, 0.3) is 0 Å². The molecule has 1 aromatic heterocycles. The zero-order valence-electron chi connectivity index (χ0n) is 16.8. The van der Waals surface area contributed by atoms with E-state index in [1.807, 2.05) is 59.5 Å². The summed E-state index contributed by atoms with van der Waals surface area (Å²) in [5.74, 6) is 1.67. The smallest absolute Gasteiger partial charge is 0.228 e. The fourth-order valence-electron chi connectivity index (χ4n) is 3.48. The van der Waals surface area contributed by atoms with E-state index in [-0.39, 0.29) is 12.0 Å². The van der Waals surface area contributed by atoms with Crippen LogP contribution >= 0.6 is 0 Å². The zero-order chi connectivity index (χ0) is 20.6. The Morgan fingerprint density at radius 2 is 1.80 bits per heavy atom. The average Bonchev–Trinajstić information content (AvgIpc) is 2.80. The second kappa shape index (κ2) is 9.87. The molecule has 1 aliphatic rings. The van der Waals surface area contributed by atoms with Gasteiger partial charge in [-0.3, -0.25) is 14.8 Å². The number of nitrogens with zero attached hydrogens (tertiary/aromatic N) is 3. The molecule has 6 heteroatoms. The molecule has 6 nitrogen and oxygen atoms in total. The van der Waals surface area contributed by atoms with Crippen LogP contribution in [0.15, 0.2) is 73.2 Å². The number of ether oxygens (including phenoxy) is 2. The van der Waals surface area contributed by atoms with Gasteiger partial charge in [-0.1, -0.05) is 36.4 Å². The number of carbonyl (C=O) groups is 1. The van der Waals surface area contributed by atoms with Gasteiger partial charge in [0.05, 0.1) is 12.1 Å². The highest BCUT2D eigenvalue weighted by Crippen LogP contribution is 2.24. The van der Waals surface area contributed by atoms with Gasteiger partial charge in [-0.05, 0) is 17.7 Å². The highest BCUT2D eigenvalue weighted by Gasteiger charge is 2.24. The fraction of sp³-hybridized carbons (Fsp3) is 0.292. The van der Waals surface area contributed by atoms with Crippen molar-refractivity contribution in [1.82, 2.24) is 14.9 Å². The van der Waals surface area contributed by atoms with Gasteiger partial charge in [0.1, 0.15) is 24.2 Å². The Morgan fingerprint density at radius 3 is 2.57 bits per heavy atom. The van der Waals surface area contributed by atoms with E-state index in [1.165, 1.54) is 0 Å². The second-order valence-electron chi connectivity index (χ2n) is 7.32. The number of carbonyl (C=O) groups excluding carboxylic acids is 1. The van der Waals surface area contributed by atoms with Crippen LogP contribution in [0.4, 0.5) is 0 Å². The zero-order valence-corrected chi connectivity index (χ0v) is 16.8. The summed E-state index contributed by atoms with van der Waals surface area (Å²) < 4.78 is 12.0. The van der Waals surface area contributed by atoms with Crippen molar-refractivity contribution in [3.05, 3.63) is 84.4 Å². The highest BCUT2D eigenvalue weighted by atomic mass is 16.5. The van der Waals surface area contributed by atoms with Crippen molar-refractivity contribution in [3.8, 4) is 11.5 Å². The number of rotatable bonds is 7. The van der Waals surface area contributed by atoms with E-state index in [9.17, 15) is 4.79 Å². The Labute approximate surface area is 176 Å². The first-order valence-electron chi connectivity index (χ1n) is 10.2. The highest BCUT2D eigenvalue weighted by molar-refractivity contribution is 5.78. The van der Waals surface area contributed by atoms with E-state index in [1.54, 1.807) is 18.6 Å². The molecular formula is C24H25N3O3. The SMILES string of the molecule is O=C(Cc1cnccn1)N1CCC(Oc2cccc(OCc3ccccc3)c2)CC1. The molecule has 2 heterocycles. The predicted octanol–water partition coefficient (Wildman–Crippen LogP) is 3.67. The van der Waals surface area contributed by atoms with Gasteiger partial charge in [-0.2, -0.15) is 0 Å². The van der Waals surface area contributed by atoms with E-state index < -0.39 is 0 Å². The summed E-state index contributed by atoms with van der Waals surface area (Å²) in [6.45, 7) is 1.90. The quantitative estimate of drug-likeness (QED) is 0.602. The van der Waals surface area contributed by atoms with E-state index in [0.717, 1.165) is 29.9 Å². The molecule has 0 saturated carbocycles. The largest absolute Gasteiger partial charge is 0.490 e. The lowest BCUT2D eigenvalue weighted by molar-refractivity contribution is -0.132. The maximum Gasteiger partial charge on any atom is 0.228 e. The Kier molecular flexibility index (Phi) is 6.54. The Balaban J connectivity index is 1.25. The van der Waals surface area contributed by atoms with Crippen molar-refractivity contribution >= 4 is 5.91 Å². The lowest BCUT2D eigenvalue weighted by atomic mass is 10.1. The topological polar surface area (TPSA) is 64.6 Å². The van der Waals surface area contributed by atoms with E-state index >= 15 is 0 Å². The van der Waals surface area contributed by atoms with Crippen LogP contribution in [-0.4, -0.2) is 40.0 Å². The number of amides is 1. The Morgan fingerprint density at radius 1 is 1.00 bits per heavy atom. The van der Waals surface area contributed by atoms with E-state index in [4.69, 9.17) is 9.47 Å². The van der Waals surface area contributed by atoms with Crippen LogP contribution in [0.1, 0.15) is 24.1 Å². The van der Waals surface area contributed by atoms with Gasteiger partial charge in [0.15, 0.2) is 0 Å². The van der Waals surface area contributed by atoms with Gasteiger partial charge < -0.3 is 14.4 Å². The lowest BCUT2D eigenvalue weighted by Crippen LogP contribution is -2.42. The van der Waals surface area contributed by atoms with E-state index in [2.05, 4.69) is 9.97 Å². The molecule has 0 aliphatic carbocycles. The summed E-state index contributed by atoms with van der Waals surface area (Å²) in [4.78, 5) is 22.5. The van der Waals surface area contributed by atoms with Crippen LogP contribution < -0.4 is 9.47 Å². The van der Waals surface area contributed by atoms with Crippen LogP contribution in [0.2, 0.25) is 0 Å².